The summed E-state index contributed by atoms with van der Waals surface area (Å²) < 4.78 is 26.9. The summed E-state index contributed by atoms with van der Waals surface area (Å²) in [7, 11) is 0. The molecule has 102 valence electrons. The highest BCUT2D eigenvalue weighted by molar-refractivity contribution is 4.40. The zero-order valence-electron chi connectivity index (χ0n) is 10.5. The zero-order chi connectivity index (χ0) is 12.0. The van der Waals surface area contributed by atoms with Gasteiger partial charge in [-0.2, -0.15) is 0 Å². The molecule has 1 saturated heterocycles. The normalized spacial score (nSPS) is 24.0. The van der Waals surface area contributed by atoms with Crippen LogP contribution in [-0.2, 0) is 23.7 Å². The van der Waals surface area contributed by atoms with Gasteiger partial charge in [0.2, 0.25) is 0 Å². The Morgan fingerprint density at radius 2 is 0.529 bits per heavy atom. The van der Waals surface area contributed by atoms with Crippen LogP contribution in [0.2, 0.25) is 0 Å². The summed E-state index contributed by atoms with van der Waals surface area (Å²) in [5.41, 5.74) is 0. The van der Waals surface area contributed by atoms with E-state index >= 15 is 0 Å². The number of hydrogen-bond donors (Lipinski definition) is 0. The number of rotatable bonds is 0. The maximum Gasteiger partial charge on any atom is 0.0701 e. The molecule has 0 aromatic heterocycles. The molecule has 0 spiro atoms. The Hall–Kier alpha value is -0.200. The third-order valence-corrected chi connectivity index (χ3v) is 2.27. The Morgan fingerprint density at radius 1 is 0.294 bits per heavy atom. The third kappa shape index (κ3) is 10.7. The summed E-state index contributed by atoms with van der Waals surface area (Å²) in [6.07, 6.45) is 1.87. The maximum absolute atomic E-state index is 5.44. The Bertz CT molecular complexity index is 84.3. The molecule has 0 atom stereocenters. The van der Waals surface area contributed by atoms with Gasteiger partial charge in [0, 0.05) is 26.4 Å². The van der Waals surface area contributed by atoms with Gasteiger partial charge in [0.15, 0.2) is 0 Å². The second-order valence-corrected chi connectivity index (χ2v) is 3.77. The Balaban J connectivity index is 2.01. The van der Waals surface area contributed by atoms with Gasteiger partial charge in [-0.1, -0.05) is 0 Å². The van der Waals surface area contributed by atoms with Crippen LogP contribution in [0.3, 0.4) is 0 Å². The molecule has 0 aromatic carbocycles. The van der Waals surface area contributed by atoms with E-state index < -0.39 is 0 Å². The van der Waals surface area contributed by atoms with Crippen LogP contribution in [0.25, 0.3) is 0 Å². The van der Waals surface area contributed by atoms with Gasteiger partial charge in [-0.15, -0.1) is 0 Å². The van der Waals surface area contributed by atoms with Crippen molar-refractivity contribution in [2.24, 2.45) is 0 Å². The van der Waals surface area contributed by atoms with E-state index in [-0.39, 0.29) is 0 Å². The van der Waals surface area contributed by atoms with Crippen LogP contribution in [0, 0.1) is 0 Å². The lowest BCUT2D eigenvalue weighted by Crippen LogP contribution is -2.12. The van der Waals surface area contributed by atoms with Crippen molar-refractivity contribution in [3.8, 4) is 0 Å². The van der Waals surface area contributed by atoms with Crippen LogP contribution < -0.4 is 0 Å². The summed E-state index contributed by atoms with van der Waals surface area (Å²) in [5, 5.41) is 0. The minimum absolute atomic E-state index is 0.618. The van der Waals surface area contributed by atoms with Crippen LogP contribution in [0.4, 0.5) is 0 Å². The molecular formula is C12H24O5. The van der Waals surface area contributed by atoms with Crippen molar-refractivity contribution in [1.29, 1.82) is 0 Å². The Labute approximate surface area is 103 Å². The van der Waals surface area contributed by atoms with Gasteiger partial charge in [0.1, 0.15) is 0 Å². The standard InChI is InChI=1S/C12H24O5/c1-3-13-4-2-6-15-8-10-17-12-11-16-9-7-14-5-1/h1-12H2. The van der Waals surface area contributed by atoms with Crippen molar-refractivity contribution in [2.75, 3.05) is 66.1 Å². The number of hydrogen-bond acceptors (Lipinski definition) is 5. The van der Waals surface area contributed by atoms with Crippen molar-refractivity contribution in [1.82, 2.24) is 0 Å². The molecule has 1 fully saturated rings. The molecule has 1 aliphatic rings. The SMILES string of the molecule is C1COCCCOCCOCCOCCOC1. The first-order valence-corrected chi connectivity index (χ1v) is 6.39. The minimum atomic E-state index is 0.618. The molecule has 17 heavy (non-hydrogen) atoms. The molecule has 0 radical (unpaired) electrons. The topological polar surface area (TPSA) is 46.2 Å². The first-order chi connectivity index (χ1) is 8.50. The summed E-state index contributed by atoms with van der Waals surface area (Å²) >= 11 is 0. The lowest BCUT2D eigenvalue weighted by Gasteiger charge is -2.06. The molecule has 5 heteroatoms. The van der Waals surface area contributed by atoms with Crippen LogP contribution >= 0.6 is 0 Å². The first kappa shape index (κ1) is 14.9. The molecule has 1 rings (SSSR count). The fraction of sp³-hybridized carbons (Fsp3) is 1.00. The van der Waals surface area contributed by atoms with E-state index in [2.05, 4.69) is 0 Å². The van der Waals surface area contributed by atoms with Crippen molar-refractivity contribution in [3.05, 3.63) is 0 Å². The molecule has 0 saturated carbocycles. The fourth-order valence-electron chi connectivity index (χ4n) is 1.39. The van der Waals surface area contributed by atoms with Crippen molar-refractivity contribution >= 4 is 0 Å². The van der Waals surface area contributed by atoms with Crippen molar-refractivity contribution in [3.63, 3.8) is 0 Å². The molecular weight excluding hydrogens is 224 g/mol. The van der Waals surface area contributed by atoms with Gasteiger partial charge >= 0.3 is 0 Å². The van der Waals surface area contributed by atoms with Gasteiger partial charge in [0.05, 0.1) is 39.6 Å². The minimum Gasteiger partial charge on any atom is -0.381 e. The summed E-state index contributed by atoms with van der Waals surface area (Å²) in [4.78, 5) is 0. The van der Waals surface area contributed by atoms with Gasteiger partial charge in [-0.05, 0) is 12.8 Å². The highest BCUT2D eigenvalue weighted by Crippen LogP contribution is 1.91. The highest BCUT2D eigenvalue weighted by atomic mass is 16.6. The maximum atomic E-state index is 5.44. The van der Waals surface area contributed by atoms with Crippen molar-refractivity contribution < 1.29 is 23.7 Å². The fourth-order valence-corrected chi connectivity index (χ4v) is 1.39. The number of ether oxygens (including phenoxy) is 5. The quantitative estimate of drug-likeness (QED) is 0.636. The molecule has 1 aliphatic heterocycles. The van der Waals surface area contributed by atoms with E-state index in [0.717, 1.165) is 39.3 Å². The summed E-state index contributed by atoms with van der Waals surface area (Å²) in [6, 6.07) is 0. The van der Waals surface area contributed by atoms with Gasteiger partial charge in [-0.3, -0.25) is 0 Å². The molecule has 0 N–H and O–H groups in total. The first-order valence-electron chi connectivity index (χ1n) is 6.39. The van der Waals surface area contributed by atoms with Gasteiger partial charge in [-0.25, -0.2) is 0 Å². The second kappa shape index (κ2) is 12.3. The van der Waals surface area contributed by atoms with E-state index in [1.165, 1.54) is 0 Å². The van der Waals surface area contributed by atoms with E-state index in [9.17, 15) is 0 Å². The predicted octanol–water partition coefficient (Wildman–Crippen LogP) is 0.863. The predicted molar refractivity (Wildman–Crippen MR) is 63.3 cm³/mol. The average Bonchev–Trinajstić information content (AvgIpc) is 2.35. The largest absolute Gasteiger partial charge is 0.381 e. The molecule has 1 heterocycles. The Morgan fingerprint density at radius 3 is 0.882 bits per heavy atom. The van der Waals surface area contributed by atoms with E-state index in [1.807, 2.05) is 0 Å². The molecule has 0 aromatic rings. The van der Waals surface area contributed by atoms with Gasteiger partial charge < -0.3 is 23.7 Å². The third-order valence-electron chi connectivity index (χ3n) is 2.27. The van der Waals surface area contributed by atoms with Crippen LogP contribution in [0.1, 0.15) is 12.8 Å². The smallest absolute Gasteiger partial charge is 0.0701 e. The monoisotopic (exact) mass is 248 g/mol. The van der Waals surface area contributed by atoms with E-state index in [1.54, 1.807) is 0 Å². The van der Waals surface area contributed by atoms with Crippen LogP contribution in [0.5, 0.6) is 0 Å². The average molecular weight is 248 g/mol. The molecule has 5 nitrogen and oxygen atoms in total. The molecule has 0 unspecified atom stereocenters. The zero-order valence-corrected chi connectivity index (χ0v) is 10.5. The lowest BCUT2D eigenvalue weighted by molar-refractivity contribution is -0.00135. The lowest BCUT2D eigenvalue weighted by atomic mass is 10.4. The summed E-state index contributed by atoms with van der Waals surface area (Å²) in [6.45, 7) is 6.74. The summed E-state index contributed by atoms with van der Waals surface area (Å²) in [5.74, 6) is 0. The second-order valence-electron chi connectivity index (χ2n) is 3.77. The van der Waals surface area contributed by atoms with E-state index in [4.69, 9.17) is 23.7 Å². The molecule has 0 amide bonds. The van der Waals surface area contributed by atoms with E-state index in [0.29, 0.717) is 39.6 Å². The van der Waals surface area contributed by atoms with Crippen molar-refractivity contribution in [2.45, 2.75) is 12.8 Å². The van der Waals surface area contributed by atoms with Crippen LogP contribution in [0.15, 0.2) is 0 Å². The molecule has 0 aliphatic carbocycles. The molecule has 0 bridgehead atoms. The Kier molecular flexibility index (Phi) is 10.7. The highest BCUT2D eigenvalue weighted by Gasteiger charge is 1.95. The van der Waals surface area contributed by atoms with Crippen LogP contribution in [-0.4, -0.2) is 66.1 Å². The van der Waals surface area contributed by atoms with Gasteiger partial charge in [0.25, 0.3) is 0 Å².